The van der Waals surface area contributed by atoms with Gasteiger partial charge in [0.15, 0.2) is 6.10 Å². The summed E-state index contributed by atoms with van der Waals surface area (Å²) in [7, 11) is 0. The Morgan fingerprint density at radius 3 is 0.966 bits per heavy atom. The minimum atomic E-state index is -0.761. The fourth-order valence-electron chi connectivity index (χ4n) is 7.96. The van der Waals surface area contributed by atoms with Gasteiger partial charge < -0.3 is 14.2 Å². The highest BCUT2D eigenvalue weighted by Crippen LogP contribution is 2.18. The monoisotopic (exact) mass is 835 g/mol. The number of hydrogen-bond donors (Lipinski definition) is 0. The van der Waals surface area contributed by atoms with E-state index >= 15 is 0 Å². The Labute approximate surface area is 368 Å². The number of ether oxygens (including phenoxy) is 3. The third-order valence-corrected chi connectivity index (χ3v) is 12.3. The minimum Gasteiger partial charge on any atom is -0.462 e. The Balaban J connectivity index is 4.26. The molecule has 0 bridgehead atoms. The van der Waals surface area contributed by atoms with Crippen LogP contribution in [0.3, 0.4) is 0 Å². The van der Waals surface area contributed by atoms with Crippen LogP contribution in [0.2, 0.25) is 0 Å². The van der Waals surface area contributed by atoms with E-state index in [0.29, 0.717) is 19.3 Å². The molecule has 350 valence electrons. The molecule has 0 aliphatic rings. The first-order chi connectivity index (χ1) is 28.8. The van der Waals surface area contributed by atoms with Gasteiger partial charge in [0, 0.05) is 19.3 Å². The summed E-state index contributed by atoms with van der Waals surface area (Å²) < 4.78 is 16.8. The van der Waals surface area contributed by atoms with Gasteiger partial charge >= 0.3 is 17.9 Å². The zero-order valence-electron chi connectivity index (χ0n) is 40.4. The van der Waals surface area contributed by atoms with Gasteiger partial charge in [-0.2, -0.15) is 0 Å². The van der Waals surface area contributed by atoms with Gasteiger partial charge in [-0.15, -0.1) is 0 Å². The quantitative estimate of drug-likeness (QED) is 0.0345. The molecule has 0 spiro atoms. The lowest BCUT2D eigenvalue weighted by Gasteiger charge is -2.18. The second-order valence-corrected chi connectivity index (χ2v) is 18.9. The molecule has 0 saturated carbocycles. The van der Waals surface area contributed by atoms with Gasteiger partial charge in [-0.3, -0.25) is 14.4 Å². The summed E-state index contributed by atoms with van der Waals surface area (Å²) in [4.78, 5) is 37.9. The van der Waals surface area contributed by atoms with Crippen molar-refractivity contribution in [3.05, 3.63) is 0 Å². The Morgan fingerprint density at radius 1 is 0.356 bits per heavy atom. The highest BCUT2D eigenvalue weighted by molar-refractivity contribution is 5.71. The Hall–Kier alpha value is -1.59. The number of hydrogen-bond acceptors (Lipinski definition) is 6. The smallest absolute Gasteiger partial charge is 0.306 e. The fraction of sp³-hybridized carbons (Fsp3) is 0.943. The third-order valence-electron chi connectivity index (χ3n) is 12.3. The van der Waals surface area contributed by atoms with Crippen molar-refractivity contribution in [3.8, 4) is 0 Å². The van der Waals surface area contributed by atoms with Crippen molar-refractivity contribution in [1.29, 1.82) is 0 Å². The van der Waals surface area contributed by atoms with Crippen LogP contribution in [-0.4, -0.2) is 37.2 Å². The van der Waals surface area contributed by atoms with E-state index in [0.717, 1.165) is 69.6 Å². The number of rotatable bonds is 47. The van der Waals surface area contributed by atoms with Gasteiger partial charge in [-0.25, -0.2) is 0 Å². The van der Waals surface area contributed by atoms with Crippen molar-refractivity contribution in [3.63, 3.8) is 0 Å². The van der Waals surface area contributed by atoms with Crippen LogP contribution < -0.4 is 0 Å². The van der Waals surface area contributed by atoms with Crippen molar-refractivity contribution in [1.82, 2.24) is 0 Å². The van der Waals surface area contributed by atoms with Crippen molar-refractivity contribution < 1.29 is 28.6 Å². The molecule has 6 nitrogen and oxygen atoms in total. The molecule has 6 heteroatoms. The van der Waals surface area contributed by atoms with Crippen molar-refractivity contribution in [2.75, 3.05) is 13.2 Å². The highest BCUT2D eigenvalue weighted by Gasteiger charge is 2.19. The molecule has 0 saturated heterocycles. The summed E-state index contributed by atoms with van der Waals surface area (Å²) in [6.45, 7) is 11.4. The first-order valence-corrected chi connectivity index (χ1v) is 26.3. The van der Waals surface area contributed by atoms with Crippen LogP contribution in [0.25, 0.3) is 0 Å². The average Bonchev–Trinajstić information content (AvgIpc) is 3.22. The van der Waals surface area contributed by atoms with E-state index in [-0.39, 0.29) is 31.1 Å². The Bertz CT molecular complexity index is 902. The number of esters is 3. The van der Waals surface area contributed by atoms with Crippen LogP contribution in [0.1, 0.15) is 291 Å². The van der Waals surface area contributed by atoms with Crippen LogP contribution in [0.15, 0.2) is 0 Å². The molecule has 0 N–H and O–H groups in total. The normalized spacial score (nSPS) is 12.5. The molecule has 0 aromatic carbocycles. The van der Waals surface area contributed by atoms with Gasteiger partial charge in [0.2, 0.25) is 0 Å². The lowest BCUT2D eigenvalue weighted by molar-refractivity contribution is -0.167. The minimum absolute atomic E-state index is 0.0636. The molecule has 0 amide bonds. The van der Waals surface area contributed by atoms with Crippen LogP contribution >= 0.6 is 0 Å². The highest BCUT2D eigenvalue weighted by atomic mass is 16.6. The Kier molecular flexibility index (Phi) is 44.7. The lowest BCUT2D eigenvalue weighted by atomic mass is 9.99. The van der Waals surface area contributed by atoms with Crippen molar-refractivity contribution >= 4 is 17.9 Å². The molecule has 0 aliphatic heterocycles. The van der Waals surface area contributed by atoms with Gasteiger partial charge in [0.25, 0.3) is 0 Å². The van der Waals surface area contributed by atoms with Gasteiger partial charge in [0.1, 0.15) is 13.2 Å². The summed E-state index contributed by atoms with van der Waals surface area (Å²) in [5.74, 6) is 0.866. The topological polar surface area (TPSA) is 78.9 Å². The largest absolute Gasteiger partial charge is 0.462 e. The van der Waals surface area contributed by atoms with Gasteiger partial charge in [0.05, 0.1) is 0 Å². The van der Waals surface area contributed by atoms with E-state index < -0.39 is 6.10 Å². The predicted molar refractivity (Wildman–Crippen MR) is 252 cm³/mol. The first kappa shape index (κ1) is 57.4. The van der Waals surface area contributed by atoms with Crippen molar-refractivity contribution in [2.45, 2.75) is 298 Å². The molecule has 0 aromatic heterocycles. The van der Waals surface area contributed by atoms with Crippen LogP contribution in [0.4, 0.5) is 0 Å². The standard InChI is InChI=1S/C53H102O6/c1-6-8-9-10-11-12-23-30-35-40-45-53(56)59-50(47-58-52(55)44-39-34-29-25-20-19-22-27-32-37-42-49(5)7-2)46-57-51(54)43-38-33-28-24-18-16-14-13-15-17-21-26-31-36-41-48(3)4/h48-50H,6-47H2,1-5H3/t49?,50-/m1/s1. The molecule has 0 heterocycles. The average molecular weight is 835 g/mol. The summed E-state index contributed by atoms with van der Waals surface area (Å²) >= 11 is 0. The SMILES string of the molecule is CCCCCCCCCCCCC(=O)O[C@H](COC(=O)CCCCCCCCCCCCCCCCC(C)C)COC(=O)CCCCCCCCCCCCC(C)CC. The summed E-state index contributed by atoms with van der Waals surface area (Å²) in [5, 5.41) is 0. The second-order valence-electron chi connectivity index (χ2n) is 18.9. The summed E-state index contributed by atoms with van der Waals surface area (Å²) in [6.07, 6.45) is 46.5. The van der Waals surface area contributed by atoms with E-state index in [4.69, 9.17) is 14.2 Å². The summed E-state index contributed by atoms with van der Waals surface area (Å²) in [6, 6.07) is 0. The second kappa shape index (κ2) is 45.9. The van der Waals surface area contributed by atoms with E-state index in [1.165, 1.54) is 180 Å². The molecule has 59 heavy (non-hydrogen) atoms. The number of unbranched alkanes of at least 4 members (excludes halogenated alkanes) is 31. The van der Waals surface area contributed by atoms with E-state index in [2.05, 4.69) is 34.6 Å². The lowest BCUT2D eigenvalue weighted by Crippen LogP contribution is -2.30. The maximum absolute atomic E-state index is 12.7. The summed E-state index contributed by atoms with van der Waals surface area (Å²) in [5.41, 5.74) is 0. The molecular formula is C53H102O6. The van der Waals surface area contributed by atoms with E-state index in [9.17, 15) is 14.4 Å². The predicted octanol–water partition coefficient (Wildman–Crippen LogP) is 16.9. The van der Waals surface area contributed by atoms with Gasteiger partial charge in [-0.05, 0) is 31.1 Å². The Morgan fingerprint density at radius 2 is 0.644 bits per heavy atom. The van der Waals surface area contributed by atoms with E-state index in [1.54, 1.807) is 0 Å². The molecule has 0 fully saturated rings. The van der Waals surface area contributed by atoms with Crippen LogP contribution in [0, 0.1) is 11.8 Å². The number of carbonyl (C=O) groups excluding carboxylic acids is 3. The molecular weight excluding hydrogens is 733 g/mol. The molecule has 0 aliphatic carbocycles. The van der Waals surface area contributed by atoms with Gasteiger partial charge in [-0.1, -0.05) is 253 Å². The maximum Gasteiger partial charge on any atom is 0.306 e. The molecule has 1 unspecified atom stereocenters. The zero-order valence-corrected chi connectivity index (χ0v) is 40.4. The third kappa shape index (κ3) is 45.8. The molecule has 0 rings (SSSR count). The van der Waals surface area contributed by atoms with Crippen LogP contribution in [0.5, 0.6) is 0 Å². The number of carbonyl (C=O) groups is 3. The zero-order chi connectivity index (χ0) is 43.3. The molecule has 0 radical (unpaired) electrons. The maximum atomic E-state index is 12.7. The van der Waals surface area contributed by atoms with Crippen LogP contribution in [-0.2, 0) is 28.6 Å². The molecule has 0 aromatic rings. The first-order valence-electron chi connectivity index (χ1n) is 26.3. The fourth-order valence-corrected chi connectivity index (χ4v) is 7.96. The van der Waals surface area contributed by atoms with Crippen molar-refractivity contribution in [2.24, 2.45) is 11.8 Å². The van der Waals surface area contributed by atoms with E-state index in [1.807, 2.05) is 0 Å². The molecule has 2 atom stereocenters.